The first-order valence-corrected chi connectivity index (χ1v) is 7.61. The lowest BCUT2D eigenvalue weighted by atomic mass is 10.0. The Morgan fingerprint density at radius 1 is 1.10 bits per heavy atom. The largest absolute Gasteiger partial charge is 0.304 e. The van der Waals surface area contributed by atoms with Crippen molar-refractivity contribution < 1.29 is 4.39 Å². The summed E-state index contributed by atoms with van der Waals surface area (Å²) in [6.07, 6.45) is 0. The highest BCUT2D eigenvalue weighted by molar-refractivity contribution is 9.10. The summed E-state index contributed by atoms with van der Waals surface area (Å²) in [4.78, 5) is 0. The van der Waals surface area contributed by atoms with Crippen LogP contribution in [0.25, 0.3) is 0 Å². The molecular weight excluding hydrogens is 341 g/mol. The van der Waals surface area contributed by atoms with E-state index in [0.29, 0.717) is 5.02 Å². The normalized spacial score (nSPS) is 14.1. The summed E-state index contributed by atoms with van der Waals surface area (Å²) in [6.45, 7) is 4.06. The van der Waals surface area contributed by atoms with Crippen LogP contribution in [0.1, 0.15) is 37.1 Å². The van der Waals surface area contributed by atoms with Gasteiger partial charge < -0.3 is 5.32 Å². The van der Waals surface area contributed by atoms with Gasteiger partial charge in [0.15, 0.2) is 0 Å². The number of benzene rings is 2. The molecule has 0 radical (unpaired) electrons. The molecule has 2 aromatic carbocycles. The van der Waals surface area contributed by atoms with Crippen molar-refractivity contribution in [2.24, 2.45) is 0 Å². The molecule has 0 aliphatic rings. The molecule has 1 N–H and O–H groups in total. The Morgan fingerprint density at radius 3 is 2.50 bits per heavy atom. The average molecular weight is 357 g/mol. The van der Waals surface area contributed by atoms with Crippen molar-refractivity contribution in [3.05, 3.63) is 68.9 Å². The Hall–Kier alpha value is -0.900. The standard InChI is InChI=1S/C16H16BrClFN/c1-10(12-4-3-5-14(19)8-12)20-11(2)15-7-6-13(17)9-16(15)18/h3-11,20H,1-2H3/t10-,11?/m0/s1. The highest BCUT2D eigenvalue weighted by Gasteiger charge is 2.14. The second-order valence-corrected chi connectivity index (χ2v) is 6.15. The van der Waals surface area contributed by atoms with Gasteiger partial charge in [-0.05, 0) is 49.2 Å². The molecule has 2 aromatic rings. The Labute approximate surface area is 132 Å². The minimum absolute atomic E-state index is 0.0420. The molecule has 0 fully saturated rings. The third-order valence-electron chi connectivity index (χ3n) is 3.28. The van der Waals surface area contributed by atoms with Gasteiger partial charge in [0.05, 0.1) is 0 Å². The predicted molar refractivity (Wildman–Crippen MR) is 85.5 cm³/mol. The van der Waals surface area contributed by atoms with Gasteiger partial charge in [0.1, 0.15) is 5.82 Å². The minimum atomic E-state index is -0.217. The van der Waals surface area contributed by atoms with Crippen molar-refractivity contribution in [1.82, 2.24) is 5.32 Å². The molecule has 2 atom stereocenters. The van der Waals surface area contributed by atoms with Crippen LogP contribution >= 0.6 is 27.5 Å². The van der Waals surface area contributed by atoms with Crippen LogP contribution in [0.5, 0.6) is 0 Å². The topological polar surface area (TPSA) is 12.0 Å². The molecule has 0 heterocycles. The molecule has 1 unspecified atom stereocenters. The summed E-state index contributed by atoms with van der Waals surface area (Å²) in [6, 6.07) is 12.6. The lowest BCUT2D eigenvalue weighted by Gasteiger charge is -2.21. The molecule has 1 nitrogen and oxygen atoms in total. The predicted octanol–water partition coefficient (Wildman–Crippen LogP) is 5.65. The monoisotopic (exact) mass is 355 g/mol. The molecule has 0 aromatic heterocycles. The maximum absolute atomic E-state index is 13.2. The first-order chi connectivity index (χ1) is 9.47. The SMILES string of the molecule is CC(N[C@@H](C)c1cccc(F)c1)c1ccc(Br)cc1Cl. The highest BCUT2D eigenvalue weighted by Crippen LogP contribution is 2.28. The van der Waals surface area contributed by atoms with Crippen molar-refractivity contribution in [3.63, 3.8) is 0 Å². The van der Waals surface area contributed by atoms with E-state index in [4.69, 9.17) is 11.6 Å². The number of halogens is 3. The molecule has 0 saturated carbocycles. The van der Waals surface area contributed by atoms with Crippen LogP contribution in [0.2, 0.25) is 5.02 Å². The van der Waals surface area contributed by atoms with Gasteiger partial charge in [-0.25, -0.2) is 4.39 Å². The van der Waals surface area contributed by atoms with Crippen LogP contribution in [0.3, 0.4) is 0 Å². The number of hydrogen-bond donors (Lipinski definition) is 1. The van der Waals surface area contributed by atoms with E-state index >= 15 is 0 Å². The summed E-state index contributed by atoms with van der Waals surface area (Å²) in [7, 11) is 0. The number of hydrogen-bond acceptors (Lipinski definition) is 1. The Morgan fingerprint density at radius 2 is 1.85 bits per heavy atom. The van der Waals surface area contributed by atoms with E-state index in [0.717, 1.165) is 15.6 Å². The fourth-order valence-corrected chi connectivity index (χ4v) is 3.03. The van der Waals surface area contributed by atoms with Crippen molar-refractivity contribution in [2.75, 3.05) is 0 Å². The zero-order valence-electron chi connectivity index (χ0n) is 11.3. The summed E-state index contributed by atoms with van der Waals surface area (Å²) in [5.41, 5.74) is 1.95. The second kappa shape index (κ2) is 6.70. The maximum atomic E-state index is 13.2. The van der Waals surface area contributed by atoms with Crippen molar-refractivity contribution in [1.29, 1.82) is 0 Å². The van der Waals surface area contributed by atoms with Gasteiger partial charge in [-0.15, -0.1) is 0 Å². The molecule has 2 rings (SSSR count). The number of nitrogens with one attached hydrogen (secondary N) is 1. The Bertz CT molecular complexity index is 603. The van der Waals surface area contributed by atoms with E-state index in [-0.39, 0.29) is 17.9 Å². The molecule has 20 heavy (non-hydrogen) atoms. The zero-order chi connectivity index (χ0) is 14.7. The fourth-order valence-electron chi connectivity index (χ4n) is 2.19. The molecule has 0 amide bonds. The molecule has 4 heteroatoms. The van der Waals surface area contributed by atoms with Gasteiger partial charge in [-0.3, -0.25) is 0 Å². The van der Waals surface area contributed by atoms with E-state index in [2.05, 4.69) is 21.2 Å². The first-order valence-electron chi connectivity index (χ1n) is 6.44. The molecule has 0 aliphatic heterocycles. The Kier molecular flexibility index (Phi) is 5.19. The second-order valence-electron chi connectivity index (χ2n) is 4.83. The summed E-state index contributed by atoms with van der Waals surface area (Å²) in [5, 5.41) is 4.15. The lowest BCUT2D eigenvalue weighted by molar-refractivity contribution is 0.492. The van der Waals surface area contributed by atoms with Gasteiger partial charge >= 0.3 is 0 Å². The summed E-state index contributed by atoms with van der Waals surface area (Å²) >= 11 is 9.64. The highest BCUT2D eigenvalue weighted by atomic mass is 79.9. The van der Waals surface area contributed by atoms with Crippen LogP contribution in [0.15, 0.2) is 46.9 Å². The van der Waals surface area contributed by atoms with E-state index in [1.165, 1.54) is 6.07 Å². The van der Waals surface area contributed by atoms with Crippen molar-refractivity contribution in [3.8, 4) is 0 Å². The van der Waals surface area contributed by atoms with Gasteiger partial charge in [-0.1, -0.05) is 45.7 Å². The van der Waals surface area contributed by atoms with Gasteiger partial charge in [0.2, 0.25) is 0 Å². The zero-order valence-corrected chi connectivity index (χ0v) is 13.7. The average Bonchev–Trinajstić information content (AvgIpc) is 2.38. The van der Waals surface area contributed by atoms with Crippen LogP contribution in [0, 0.1) is 5.82 Å². The lowest BCUT2D eigenvalue weighted by Crippen LogP contribution is -2.22. The number of rotatable bonds is 4. The Balaban J connectivity index is 2.12. The quantitative estimate of drug-likeness (QED) is 0.746. The third kappa shape index (κ3) is 3.81. The smallest absolute Gasteiger partial charge is 0.123 e. The molecule has 0 bridgehead atoms. The molecule has 106 valence electrons. The van der Waals surface area contributed by atoms with E-state index < -0.39 is 0 Å². The fraction of sp³-hybridized carbons (Fsp3) is 0.250. The van der Waals surface area contributed by atoms with Crippen LogP contribution < -0.4 is 5.32 Å². The van der Waals surface area contributed by atoms with Crippen LogP contribution in [0.4, 0.5) is 4.39 Å². The van der Waals surface area contributed by atoms with E-state index in [9.17, 15) is 4.39 Å². The van der Waals surface area contributed by atoms with Gasteiger partial charge in [-0.2, -0.15) is 0 Å². The first kappa shape index (κ1) is 15.5. The third-order valence-corrected chi connectivity index (χ3v) is 4.10. The molecule has 0 saturated heterocycles. The molecule has 0 spiro atoms. The van der Waals surface area contributed by atoms with E-state index in [1.54, 1.807) is 12.1 Å². The van der Waals surface area contributed by atoms with E-state index in [1.807, 2.05) is 38.1 Å². The molecule has 0 aliphatic carbocycles. The van der Waals surface area contributed by atoms with Crippen molar-refractivity contribution in [2.45, 2.75) is 25.9 Å². The van der Waals surface area contributed by atoms with Gasteiger partial charge in [0, 0.05) is 21.6 Å². The molecular formula is C16H16BrClFN. The maximum Gasteiger partial charge on any atom is 0.123 e. The van der Waals surface area contributed by atoms with Crippen LogP contribution in [-0.4, -0.2) is 0 Å². The van der Waals surface area contributed by atoms with Gasteiger partial charge in [0.25, 0.3) is 0 Å². The van der Waals surface area contributed by atoms with Crippen LogP contribution in [-0.2, 0) is 0 Å². The van der Waals surface area contributed by atoms with Crippen molar-refractivity contribution >= 4 is 27.5 Å². The summed E-state index contributed by atoms with van der Waals surface area (Å²) < 4.78 is 14.2. The minimum Gasteiger partial charge on any atom is -0.304 e. The summed E-state index contributed by atoms with van der Waals surface area (Å²) in [5.74, 6) is -0.217.